The highest BCUT2D eigenvalue weighted by atomic mass is 32.2. The Morgan fingerprint density at radius 1 is 1.05 bits per heavy atom. The molecule has 41 heavy (non-hydrogen) atoms. The topological polar surface area (TPSA) is 126 Å². The molecule has 4 aliphatic rings. The van der Waals surface area contributed by atoms with Crippen molar-refractivity contribution < 1.29 is 22.0 Å². The zero-order chi connectivity index (χ0) is 28.4. The molecule has 3 saturated carbocycles. The number of nitriles is 1. The van der Waals surface area contributed by atoms with E-state index in [4.69, 9.17) is 9.40 Å². The molecule has 3 aromatic rings. The first-order chi connectivity index (χ1) is 19.7. The molecule has 1 aromatic carbocycles. The summed E-state index contributed by atoms with van der Waals surface area (Å²) in [6.07, 6.45) is 6.33. The average molecular weight is 575 g/mol. The van der Waals surface area contributed by atoms with Crippen molar-refractivity contribution in [2.45, 2.75) is 62.3 Å². The van der Waals surface area contributed by atoms with Crippen molar-refractivity contribution in [2.24, 2.45) is 17.8 Å². The molecule has 2 aromatic heterocycles. The number of amides is 1. The molecule has 1 N–H and O–H groups in total. The zero-order valence-electron chi connectivity index (χ0n) is 22.6. The summed E-state index contributed by atoms with van der Waals surface area (Å²) in [6, 6.07) is 13.1. The molecule has 8 nitrogen and oxygen atoms in total. The van der Waals surface area contributed by atoms with E-state index in [9.17, 15) is 22.9 Å². The minimum Gasteiger partial charge on any atom is -0.439 e. The standard InChI is InChI=1S/C31H31FN4O4S/c32-23-5-6-26(34-16-23)30-35-27(20-3-1-18(2-4-20)19-7-11-41(38,39)12-8-19)28(40-30)24-14-21-13-22(21)15-25(24)29(37)36-31(17-33)9-10-31/h1-6,16,19,21-22,24-25H,7-15H2,(H,36,37)/t21?,22?,24-,25-/m1/s1. The second kappa shape index (κ2) is 9.76. The molecule has 10 heteroatoms. The van der Waals surface area contributed by atoms with Crippen LogP contribution in [0.5, 0.6) is 0 Å². The van der Waals surface area contributed by atoms with Gasteiger partial charge in [0.1, 0.15) is 38.3 Å². The molecular formula is C31H31FN4O4S. The van der Waals surface area contributed by atoms with Crippen molar-refractivity contribution in [3.05, 3.63) is 59.7 Å². The number of benzene rings is 1. The third-order valence-corrected chi connectivity index (χ3v) is 11.2. The van der Waals surface area contributed by atoms with Gasteiger partial charge in [-0.3, -0.25) is 4.79 Å². The normalized spacial score (nSPS) is 27.8. The number of sulfone groups is 1. The molecule has 0 spiro atoms. The van der Waals surface area contributed by atoms with Crippen LogP contribution >= 0.6 is 0 Å². The van der Waals surface area contributed by atoms with E-state index in [2.05, 4.69) is 16.4 Å². The molecule has 4 atom stereocenters. The highest BCUT2D eigenvalue weighted by Crippen LogP contribution is 2.58. The monoisotopic (exact) mass is 574 g/mol. The molecule has 1 saturated heterocycles. The number of hydrogen-bond acceptors (Lipinski definition) is 7. The van der Waals surface area contributed by atoms with E-state index in [0.717, 1.165) is 36.6 Å². The number of pyridine rings is 1. The van der Waals surface area contributed by atoms with Crippen LogP contribution in [0, 0.1) is 34.9 Å². The van der Waals surface area contributed by atoms with E-state index >= 15 is 0 Å². The van der Waals surface area contributed by atoms with E-state index in [1.54, 1.807) is 0 Å². The summed E-state index contributed by atoms with van der Waals surface area (Å²) in [6.45, 7) is 0. The van der Waals surface area contributed by atoms with Crippen LogP contribution in [-0.4, -0.2) is 41.3 Å². The SMILES string of the molecule is N#CC1(NC(=O)[C@@H]2CC3CC3C[C@H]2c2oc(-c3ccc(F)cn3)nc2-c2ccc(C3CCS(=O)(=O)CC3)cc2)CC1. The number of nitrogens with one attached hydrogen (secondary N) is 1. The summed E-state index contributed by atoms with van der Waals surface area (Å²) in [5, 5.41) is 12.6. The number of carbonyl (C=O) groups excluding carboxylic acids is 1. The quantitative estimate of drug-likeness (QED) is 0.432. The number of rotatable bonds is 6. The maximum Gasteiger partial charge on any atom is 0.245 e. The van der Waals surface area contributed by atoms with Crippen molar-refractivity contribution in [1.82, 2.24) is 15.3 Å². The Hall–Kier alpha value is -3.58. The molecule has 3 heterocycles. The third-order valence-electron chi connectivity index (χ3n) is 9.48. The maximum absolute atomic E-state index is 13.6. The van der Waals surface area contributed by atoms with Gasteiger partial charge in [-0.25, -0.2) is 22.8 Å². The highest BCUT2D eigenvalue weighted by molar-refractivity contribution is 7.91. The van der Waals surface area contributed by atoms with Crippen molar-refractivity contribution in [3.63, 3.8) is 0 Å². The Bertz CT molecular complexity index is 1630. The number of oxazole rings is 1. The molecule has 3 aliphatic carbocycles. The van der Waals surface area contributed by atoms with Crippen LogP contribution in [0.4, 0.5) is 4.39 Å². The third kappa shape index (κ3) is 5.16. The van der Waals surface area contributed by atoms with Gasteiger partial charge in [-0.15, -0.1) is 0 Å². The Balaban J connectivity index is 1.24. The number of hydrogen-bond donors (Lipinski definition) is 1. The average Bonchev–Trinajstić information content (AvgIpc) is 3.88. The summed E-state index contributed by atoms with van der Waals surface area (Å²) in [7, 11) is -2.94. The van der Waals surface area contributed by atoms with Gasteiger partial charge < -0.3 is 9.73 Å². The summed E-state index contributed by atoms with van der Waals surface area (Å²) < 4.78 is 43.8. The van der Waals surface area contributed by atoms with E-state index in [0.29, 0.717) is 54.7 Å². The van der Waals surface area contributed by atoms with Crippen LogP contribution in [0.1, 0.15) is 68.1 Å². The Morgan fingerprint density at radius 2 is 1.78 bits per heavy atom. The summed E-state index contributed by atoms with van der Waals surface area (Å²) >= 11 is 0. The molecule has 7 rings (SSSR count). The fraction of sp³-hybridized carbons (Fsp3) is 0.484. The van der Waals surface area contributed by atoms with Crippen molar-refractivity contribution in [1.29, 1.82) is 5.26 Å². The molecule has 0 radical (unpaired) electrons. The van der Waals surface area contributed by atoms with E-state index in [-0.39, 0.29) is 41.1 Å². The Labute approximate surface area is 238 Å². The van der Waals surface area contributed by atoms with Gasteiger partial charge >= 0.3 is 0 Å². The molecule has 212 valence electrons. The van der Waals surface area contributed by atoms with Crippen molar-refractivity contribution in [2.75, 3.05) is 11.5 Å². The van der Waals surface area contributed by atoms with Gasteiger partial charge in [0.05, 0.1) is 23.8 Å². The maximum atomic E-state index is 13.6. The van der Waals surface area contributed by atoms with Crippen LogP contribution in [0.2, 0.25) is 0 Å². The first-order valence-corrected chi connectivity index (χ1v) is 16.2. The largest absolute Gasteiger partial charge is 0.439 e. The van der Waals surface area contributed by atoms with Gasteiger partial charge in [-0.05, 0) is 80.4 Å². The minimum absolute atomic E-state index is 0.106. The molecular weight excluding hydrogens is 543 g/mol. The van der Waals surface area contributed by atoms with Crippen molar-refractivity contribution in [3.8, 4) is 28.9 Å². The van der Waals surface area contributed by atoms with Gasteiger partial charge in [-0.2, -0.15) is 5.26 Å². The lowest BCUT2D eigenvalue weighted by molar-refractivity contribution is -0.127. The first kappa shape index (κ1) is 26.3. The van der Waals surface area contributed by atoms with Crippen LogP contribution in [0.15, 0.2) is 47.0 Å². The molecule has 1 amide bonds. The van der Waals surface area contributed by atoms with Gasteiger partial charge in [0, 0.05) is 17.4 Å². The first-order valence-electron chi connectivity index (χ1n) is 14.4. The fourth-order valence-electron chi connectivity index (χ4n) is 6.70. The highest BCUT2D eigenvalue weighted by Gasteiger charge is 2.53. The predicted octanol–water partition coefficient (Wildman–Crippen LogP) is 5.14. The van der Waals surface area contributed by atoms with Gasteiger partial charge in [0.15, 0.2) is 0 Å². The van der Waals surface area contributed by atoms with Gasteiger partial charge in [0.2, 0.25) is 11.8 Å². The van der Waals surface area contributed by atoms with Crippen LogP contribution < -0.4 is 5.32 Å². The predicted molar refractivity (Wildman–Crippen MR) is 149 cm³/mol. The number of fused-ring (bicyclic) bond motifs is 1. The minimum atomic E-state index is -2.94. The zero-order valence-corrected chi connectivity index (χ0v) is 23.4. The molecule has 4 fully saturated rings. The second-order valence-corrected chi connectivity index (χ2v) is 14.6. The van der Waals surface area contributed by atoms with E-state index in [1.165, 1.54) is 12.1 Å². The summed E-state index contributed by atoms with van der Waals surface area (Å²) in [4.78, 5) is 22.6. The van der Waals surface area contributed by atoms with Crippen molar-refractivity contribution >= 4 is 15.7 Å². The lowest BCUT2D eigenvalue weighted by atomic mass is 9.76. The lowest BCUT2D eigenvalue weighted by Gasteiger charge is -2.30. The Morgan fingerprint density at radius 3 is 2.44 bits per heavy atom. The number of carbonyl (C=O) groups is 1. The fourth-order valence-corrected chi connectivity index (χ4v) is 8.20. The Kier molecular flexibility index (Phi) is 6.27. The number of halogens is 1. The summed E-state index contributed by atoms with van der Waals surface area (Å²) in [5.41, 5.74) is 2.21. The molecule has 1 aliphatic heterocycles. The van der Waals surface area contributed by atoms with E-state index < -0.39 is 21.2 Å². The number of nitrogens with zero attached hydrogens (tertiary/aromatic N) is 3. The van der Waals surface area contributed by atoms with Gasteiger partial charge in [-0.1, -0.05) is 24.3 Å². The lowest BCUT2D eigenvalue weighted by Crippen LogP contribution is -2.42. The molecule has 2 unspecified atom stereocenters. The summed E-state index contributed by atoms with van der Waals surface area (Å²) in [5.74, 6) is 1.43. The van der Waals surface area contributed by atoms with E-state index in [1.807, 2.05) is 24.3 Å². The van der Waals surface area contributed by atoms with Crippen LogP contribution in [0.25, 0.3) is 22.8 Å². The smallest absolute Gasteiger partial charge is 0.245 e. The molecule has 0 bridgehead atoms. The van der Waals surface area contributed by atoms with Crippen LogP contribution in [-0.2, 0) is 14.6 Å². The second-order valence-electron chi connectivity index (χ2n) is 12.3. The van der Waals surface area contributed by atoms with Crippen LogP contribution in [0.3, 0.4) is 0 Å². The van der Waals surface area contributed by atoms with Gasteiger partial charge in [0.25, 0.3) is 0 Å². The number of aromatic nitrogens is 2.